The molecule has 0 spiro atoms. The lowest BCUT2D eigenvalue weighted by atomic mass is 10.3. The maximum absolute atomic E-state index is 10.5. The number of hydrogen-bond acceptors (Lipinski definition) is 6. The Kier molecular flexibility index (Phi) is 3.37. The van der Waals surface area contributed by atoms with Crippen molar-refractivity contribution < 1.29 is 15.1 Å². The number of phenols is 2. The number of benzene rings is 2. The van der Waals surface area contributed by atoms with Gasteiger partial charge in [0.15, 0.2) is 0 Å². The fourth-order valence-corrected chi connectivity index (χ4v) is 1.35. The summed E-state index contributed by atoms with van der Waals surface area (Å²) in [6.07, 6.45) is 0. The van der Waals surface area contributed by atoms with Crippen LogP contribution < -0.4 is 0 Å². The van der Waals surface area contributed by atoms with Crippen molar-refractivity contribution in [2.45, 2.75) is 0 Å². The number of rotatable bonds is 3. The zero-order valence-electron chi connectivity index (χ0n) is 9.59. The first-order valence-corrected chi connectivity index (χ1v) is 5.24. The lowest BCUT2D eigenvalue weighted by Gasteiger charge is -1.98. The van der Waals surface area contributed by atoms with Gasteiger partial charge in [-0.05, 0) is 24.3 Å². The van der Waals surface area contributed by atoms with E-state index in [9.17, 15) is 15.2 Å². The Morgan fingerprint density at radius 1 is 1.00 bits per heavy atom. The molecule has 19 heavy (non-hydrogen) atoms. The van der Waals surface area contributed by atoms with E-state index in [4.69, 9.17) is 5.11 Å². The highest BCUT2D eigenvalue weighted by Gasteiger charge is 2.04. The van der Waals surface area contributed by atoms with Gasteiger partial charge in [-0.3, -0.25) is 10.1 Å². The number of hydrogen-bond donors (Lipinski definition) is 2. The summed E-state index contributed by atoms with van der Waals surface area (Å²) < 4.78 is 0. The van der Waals surface area contributed by atoms with Crippen LogP contribution >= 0.6 is 0 Å². The summed E-state index contributed by atoms with van der Waals surface area (Å²) in [6.45, 7) is 0. The van der Waals surface area contributed by atoms with E-state index in [1.54, 1.807) is 0 Å². The second-order valence-electron chi connectivity index (χ2n) is 3.65. The van der Waals surface area contributed by atoms with E-state index in [0.717, 1.165) is 6.07 Å². The molecule has 2 N–H and O–H groups in total. The quantitative estimate of drug-likeness (QED) is 0.500. The van der Waals surface area contributed by atoms with Crippen LogP contribution in [-0.4, -0.2) is 15.1 Å². The van der Waals surface area contributed by atoms with Gasteiger partial charge in [0, 0.05) is 18.2 Å². The molecule has 2 aromatic rings. The van der Waals surface area contributed by atoms with Gasteiger partial charge in [0.05, 0.1) is 10.6 Å². The van der Waals surface area contributed by atoms with Crippen molar-refractivity contribution in [2.75, 3.05) is 0 Å². The Balaban J connectivity index is 2.20. The number of phenolic OH excluding ortho intramolecular Hbond substituents is 2. The second kappa shape index (κ2) is 5.13. The van der Waals surface area contributed by atoms with Crippen molar-refractivity contribution in [1.29, 1.82) is 0 Å². The zero-order chi connectivity index (χ0) is 13.8. The Morgan fingerprint density at radius 3 is 2.26 bits per heavy atom. The topological polar surface area (TPSA) is 108 Å². The van der Waals surface area contributed by atoms with Gasteiger partial charge in [-0.2, -0.15) is 5.11 Å². The van der Waals surface area contributed by atoms with Crippen LogP contribution in [-0.2, 0) is 0 Å². The Bertz CT molecular complexity index is 638. The van der Waals surface area contributed by atoms with Crippen molar-refractivity contribution in [2.24, 2.45) is 10.2 Å². The summed E-state index contributed by atoms with van der Waals surface area (Å²) in [5, 5.41) is 36.7. The number of nitro benzene ring substituents is 1. The van der Waals surface area contributed by atoms with Gasteiger partial charge >= 0.3 is 0 Å². The van der Waals surface area contributed by atoms with Crippen LogP contribution in [0.25, 0.3) is 0 Å². The molecule has 0 radical (unpaired) electrons. The van der Waals surface area contributed by atoms with Crippen LogP contribution in [0.3, 0.4) is 0 Å². The maximum Gasteiger partial charge on any atom is 0.269 e. The third-order valence-electron chi connectivity index (χ3n) is 2.29. The fourth-order valence-electron chi connectivity index (χ4n) is 1.35. The van der Waals surface area contributed by atoms with Gasteiger partial charge in [0.1, 0.15) is 17.2 Å². The van der Waals surface area contributed by atoms with E-state index in [2.05, 4.69) is 10.2 Å². The van der Waals surface area contributed by atoms with Crippen LogP contribution in [0.15, 0.2) is 52.7 Å². The lowest BCUT2D eigenvalue weighted by Crippen LogP contribution is -1.85. The van der Waals surface area contributed by atoms with E-state index >= 15 is 0 Å². The largest absolute Gasteiger partial charge is 0.508 e. The van der Waals surface area contributed by atoms with Crippen LogP contribution in [0, 0.1) is 10.1 Å². The summed E-state index contributed by atoms with van der Waals surface area (Å²) in [5.74, 6) is -0.280. The molecule has 0 aliphatic heterocycles. The molecule has 7 nitrogen and oxygen atoms in total. The standard InChI is InChI=1S/C12H9N3O4/c16-10-5-6-11(12(17)7-10)14-13-8-1-3-9(4-2-8)15(18)19/h1-7,16-17H/b14-13+. The minimum atomic E-state index is -0.507. The smallest absolute Gasteiger partial charge is 0.269 e. The van der Waals surface area contributed by atoms with Crippen molar-refractivity contribution in [3.05, 3.63) is 52.6 Å². The van der Waals surface area contributed by atoms with Crippen LogP contribution in [0.2, 0.25) is 0 Å². The maximum atomic E-state index is 10.5. The van der Waals surface area contributed by atoms with Crippen molar-refractivity contribution in [3.8, 4) is 11.5 Å². The molecule has 7 heteroatoms. The first-order chi connectivity index (χ1) is 9.06. The molecule has 0 aliphatic rings. The average molecular weight is 259 g/mol. The molecule has 2 aromatic carbocycles. The number of nitro groups is 1. The molecule has 0 aliphatic carbocycles. The fraction of sp³-hybridized carbons (Fsp3) is 0. The van der Waals surface area contributed by atoms with Crippen molar-refractivity contribution >= 4 is 17.1 Å². The molecule has 0 amide bonds. The first-order valence-electron chi connectivity index (χ1n) is 5.24. The normalized spacial score (nSPS) is 10.7. The van der Waals surface area contributed by atoms with Gasteiger partial charge in [-0.15, -0.1) is 5.11 Å². The molecular formula is C12H9N3O4. The Morgan fingerprint density at radius 2 is 1.68 bits per heavy atom. The van der Waals surface area contributed by atoms with E-state index in [0.29, 0.717) is 5.69 Å². The summed E-state index contributed by atoms with van der Waals surface area (Å²) in [4.78, 5) is 9.96. The van der Waals surface area contributed by atoms with Gasteiger partial charge in [-0.25, -0.2) is 0 Å². The SMILES string of the molecule is O=[N+]([O-])c1ccc(/N=N/c2ccc(O)cc2O)cc1. The summed E-state index contributed by atoms with van der Waals surface area (Å²) in [5.41, 5.74) is 0.570. The summed E-state index contributed by atoms with van der Waals surface area (Å²) in [7, 11) is 0. The third-order valence-corrected chi connectivity index (χ3v) is 2.29. The number of nitrogens with zero attached hydrogens (tertiary/aromatic N) is 3. The molecule has 0 saturated heterocycles. The number of azo groups is 1. The molecule has 0 fully saturated rings. The minimum Gasteiger partial charge on any atom is -0.508 e. The highest BCUT2D eigenvalue weighted by Crippen LogP contribution is 2.31. The molecule has 0 unspecified atom stereocenters. The summed E-state index contributed by atoms with van der Waals surface area (Å²) in [6, 6.07) is 9.42. The molecule has 0 aromatic heterocycles. The van der Waals surface area contributed by atoms with E-state index in [-0.39, 0.29) is 22.9 Å². The van der Waals surface area contributed by atoms with Crippen LogP contribution in [0.5, 0.6) is 11.5 Å². The van der Waals surface area contributed by atoms with E-state index in [1.165, 1.54) is 36.4 Å². The Hall–Kier alpha value is -2.96. The zero-order valence-corrected chi connectivity index (χ0v) is 9.59. The van der Waals surface area contributed by atoms with Crippen LogP contribution in [0.1, 0.15) is 0 Å². The summed E-state index contributed by atoms with van der Waals surface area (Å²) >= 11 is 0. The van der Waals surface area contributed by atoms with Gasteiger partial charge in [0.25, 0.3) is 5.69 Å². The lowest BCUT2D eigenvalue weighted by molar-refractivity contribution is -0.384. The highest BCUT2D eigenvalue weighted by molar-refractivity contribution is 5.54. The predicted molar refractivity (Wildman–Crippen MR) is 67.0 cm³/mol. The average Bonchev–Trinajstić information content (AvgIpc) is 2.38. The molecule has 2 rings (SSSR count). The van der Waals surface area contributed by atoms with E-state index in [1.807, 2.05) is 0 Å². The van der Waals surface area contributed by atoms with Crippen molar-refractivity contribution in [3.63, 3.8) is 0 Å². The molecule has 0 heterocycles. The van der Waals surface area contributed by atoms with E-state index < -0.39 is 4.92 Å². The minimum absolute atomic E-state index is 0.0357. The monoisotopic (exact) mass is 259 g/mol. The van der Waals surface area contributed by atoms with Gasteiger partial charge < -0.3 is 10.2 Å². The predicted octanol–water partition coefficient (Wildman–Crippen LogP) is 3.42. The Labute approximate surface area is 107 Å². The number of aromatic hydroxyl groups is 2. The molecule has 96 valence electrons. The molecule has 0 saturated carbocycles. The van der Waals surface area contributed by atoms with Gasteiger partial charge in [-0.1, -0.05) is 0 Å². The third kappa shape index (κ3) is 3.03. The van der Waals surface area contributed by atoms with Crippen molar-refractivity contribution in [1.82, 2.24) is 0 Å². The second-order valence-corrected chi connectivity index (χ2v) is 3.65. The van der Waals surface area contributed by atoms with Gasteiger partial charge in [0.2, 0.25) is 0 Å². The molecular weight excluding hydrogens is 250 g/mol. The molecule has 0 bridgehead atoms. The first kappa shape index (κ1) is 12.5. The highest BCUT2D eigenvalue weighted by atomic mass is 16.6. The molecule has 0 atom stereocenters. The number of non-ortho nitro benzene ring substituents is 1. The van der Waals surface area contributed by atoms with Crippen LogP contribution in [0.4, 0.5) is 17.1 Å².